The van der Waals surface area contributed by atoms with Crippen LogP contribution in [0.4, 0.5) is 4.79 Å². The van der Waals surface area contributed by atoms with Crippen molar-refractivity contribution in [2.45, 2.75) is 31.2 Å². The summed E-state index contributed by atoms with van der Waals surface area (Å²) in [7, 11) is 1.75. The molecule has 1 heterocycles. The molecular weight excluding hydrogens is 458 g/mol. The number of carbonyl (C=O) groups excluding carboxylic acids is 2. The summed E-state index contributed by atoms with van der Waals surface area (Å²) < 4.78 is 6.59. The summed E-state index contributed by atoms with van der Waals surface area (Å²) in [5, 5.41) is 5.90. The number of carbonyl (C=O) groups is 2. The molecule has 0 radical (unpaired) electrons. The predicted octanol–water partition coefficient (Wildman–Crippen LogP) is 3.85. The van der Waals surface area contributed by atoms with E-state index in [1.165, 1.54) is 5.56 Å². The minimum Gasteiger partial charge on any atom is -0.381 e. The number of benzene rings is 2. The molecule has 1 aliphatic rings. The third-order valence-corrected chi connectivity index (χ3v) is 6.24. The van der Waals surface area contributed by atoms with Crippen LogP contribution in [-0.2, 0) is 21.5 Å². The van der Waals surface area contributed by atoms with Crippen LogP contribution in [0, 0.1) is 0 Å². The second-order valence-corrected chi connectivity index (χ2v) is 8.92. The van der Waals surface area contributed by atoms with Gasteiger partial charge in [-0.25, -0.2) is 4.79 Å². The van der Waals surface area contributed by atoms with Crippen LogP contribution in [0.3, 0.4) is 0 Å². The average Bonchev–Trinajstić information content (AvgIpc) is 2.79. The van der Waals surface area contributed by atoms with Gasteiger partial charge in [0.2, 0.25) is 5.91 Å². The molecule has 6 nitrogen and oxygen atoms in total. The SMILES string of the molecule is CN(Cc1ccccc1)C(=O)NCCC(=O)NCC1(c2cccc(Br)c2)CCOCC1. The first-order valence-corrected chi connectivity index (χ1v) is 11.4. The molecule has 0 bridgehead atoms. The summed E-state index contributed by atoms with van der Waals surface area (Å²) in [6.45, 7) is 2.76. The van der Waals surface area contributed by atoms with Crippen LogP contribution in [0.15, 0.2) is 59.1 Å². The van der Waals surface area contributed by atoms with Crippen molar-refractivity contribution in [1.82, 2.24) is 15.5 Å². The van der Waals surface area contributed by atoms with E-state index in [0.29, 0.717) is 32.8 Å². The highest BCUT2D eigenvalue weighted by Gasteiger charge is 2.34. The van der Waals surface area contributed by atoms with E-state index in [1.54, 1.807) is 11.9 Å². The molecule has 0 atom stereocenters. The van der Waals surface area contributed by atoms with E-state index >= 15 is 0 Å². The fraction of sp³-hybridized carbons (Fsp3) is 0.417. The number of rotatable bonds is 8. The largest absolute Gasteiger partial charge is 0.381 e. The first kappa shape index (κ1) is 23.3. The summed E-state index contributed by atoms with van der Waals surface area (Å²) in [6.07, 6.45) is 1.98. The van der Waals surface area contributed by atoms with Crippen LogP contribution in [0.2, 0.25) is 0 Å². The van der Waals surface area contributed by atoms with Gasteiger partial charge in [0.15, 0.2) is 0 Å². The van der Waals surface area contributed by atoms with E-state index in [2.05, 4.69) is 38.7 Å². The Balaban J connectivity index is 1.45. The van der Waals surface area contributed by atoms with Gasteiger partial charge in [0, 0.05) is 56.2 Å². The Kier molecular flexibility index (Phi) is 8.49. The second-order valence-electron chi connectivity index (χ2n) is 8.00. The van der Waals surface area contributed by atoms with Gasteiger partial charge >= 0.3 is 6.03 Å². The Morgan fingerprint density at radius 3 is 2.52 bits per heavy atom. The molecule has 2 aromatic carbocycles. The van der Waals surface area contributed by atoms with E-state index in [0.717, 1.165) is 22.9 Å². The van der Waals surface area contributed by atoms with Gasteiger partial charge in [-0.05, 0) is 36.1 Å². The number of halogens is 1. The summed E-state index contributed by atoms with van der Waals surface area (Å²) in [5.74, 6) is -0.0631. The van der Waals surface area contributed by atoms with E-state index in [4.69, 9.17) is 4.74 Å². The Morgan fingerprint density at radius 2 is 1.81 bits per heavy atom. The first-order valence-electron chi connectivity index (χ1n) is 10.6. The van der Waals surface area contributed by atoms with Gasteiger partial charge in [-0.3, -0.25) is 4.79 Å². The van der Waals surface area contributed by atoms with Crippen molar-refractivity contribution in [3.05, 3.63) is 70.2 Å². The van der Waals surface area contributed by atoms with Gasteiger partial charge in [0.25, 0.3) is 0 Å². The lowest BCUT2D eigenvalue weighted by molar-refractivity contribution is -0.121. The lowest BCUT2D eigenvalue weighted by Gasteiger charge is -2.38. The maximum atomic E-state index is 12.5. The molecular formula is C24H30BrN3O3. The van der Waals surface area contributed by atoms with Crippen LogP contribution in [0.1, 0.15) is 30.4 Å². The van der Waals surface area contributed by atoms with Crippen molar-refractivity contribution in [3.63, 3.8) is 0 Å². The molecule has 0 unspecified atom stereocenters. The van der Waals surface area contributed by atoms with E-state index in [1.807, 2.05) is 42.5 Å². The smallest absolute Gasteiger partial charge is 0.317 e. The molecule has 1 saturated heterocycles. The lowest BCUT2D eigenvalue weighted by Crippen LogP contribution is -2.45. The molecule has 3 rings (SSSR count). The third-order valence-electron chi connectivity index (χ3n) is 5.75. The number of ether oxygens (including phenoxy) is 1. The van der Waals surface area contributed by atoms with Crippen molar-refractivity contribution in [2.24, 2.45) is 0 Å². The standard InChI is InChI=1S/C24H30BrN3O3/c1-28(17-19-6-3-2-4-7-19)23(30)26-13-10-22(29)27-18-24(11-14-31-15-12-24)20-8-5-9-21(25)16-20/h2-9,16H,10-15,17-18H2,1H3,(H,26,30)(H,27,29). The van der Waals surface area contributed by atoms with Gasteiger partial charge in [0.1, 0.15) is 0 Å². The van der Waals surface area contributed by atoms with Crippen LogP contribution in [0.5, 0.6) is 0 Å². The van der Waals surface area contributed by atoms with Gasteiger partial charge < -0.3 is 20.3 Å². The molecule has 1 fully saturated rings. The predicted molar refractivity (Wildman–Crippen MR) is 125 cm³/mol. The molecule has 166 valence electrons. The Bertz CT molecular complexity index is 869. The number of nitrogens with zero attached hydrogens (tertiary/aromatic N) is 1. The quantitative estimate of drug-likeness (QED) is 0.593. The van der Waals surface area contributed by atoms with Crippen molar-refractivity contribution >= 4 is 27.9 Å². The summed E-state index contributed by atoms with van der Waals surface area (Å²) in [4.78, 5) is 26.3. The van der Waals surface area contributed by atoms with E-state index < -0.39 is 0 Å². The first-order chi connectivity index (χ1) is 15.0. The highest BCUT2D eigenvalue weighted by atomic mass is 79.9. The zero-order chi connectivity index (χ0) is 22.1. The number of urea groups is 1. The molecule has 0 saturated carbocycles. The zero-order valence-electron chi connectivity index (χ0n) is 17.9. The molecule has 0 spiro atoms. The number of amides is 3. The second kappa shape index (κ2) is 11.3. The number of nitrogens with one attached hydrogen (secondary N) is 2. The Morgan fingerprint density at radius 1 is 1.06 bits per heavy atom. The van der Waals surface area contributed by atoms with Crippen molar-refractivity contribution in [1.29, 1.82) is 0 Å². The fourth-order valence-electron chi connectivity index (χ4n) is 3.85. The lowest BCUT2D eigenvalue weighted by atomic mass is 9.74. The minimum atomic E-state index is -0.188. The maximum absolute atomic E-state index is 12.5. The maximum Gasteiger partial charge on any atom is 0.317 e. The van der Waals surface area contributed by atoms with E-state index in [9.17, 15) is 9.59 Å². The van der Waals surface area contributed by atoms with Crippen molar-refractivity contribution < 1.29 is 14.3 Å². The topological polar surface area (TPSA) is 70.7 Å². The Labute approximate surface area is 192 Å². The fourth-order valence-corrected chi connectivity index (χ4v) is 4.25. The molecule has 2 N–H and O–H groups in total. The highest BCUT2D eigenvalue weighted by molar-refractivity contribution is 9.10. The van der Waals surface area contributed by atoms with Crippen molar-refractivity contribution in [3.8, 4) is 0 Å². The Hall–Kier alpha value is -2.38. The number of hydrogen-bond donors (Lipinski definition) is 2. The molecule has 7 heteroatoms. The average molecular weight is 488 g/mol. The van der Waals surface area contributed by atoms with E-state index in [-0.39, 0.29) is 23.8 Å². The van der Waals surface area contributed by atoms with Crippen LogP contribution >= 0.6 is 15.9 Å². The van der Waals surface area contributed by atoms with Gasteiger partial charge in [0.05, 0.1) is 0 Å². The van der Waals surface area contributed by atoms with Crippen LogP contribution in [-0.4, -0.2) is 50.2 Å². The molecule has 3 amide bonds. The zero-order valence-corrected chi connectivity index (χ0v) is 19.5. The summed E-state index contributed by atoms with van der Waals surface area (Å²) in [5.41, 5.74) is 2.14. The molecule has 0 aliphatic carbocycles. The van der Waals surface area contributed by atoms with Crippen molar-refractivity contribution in [2.75, 3.05) is 33.4 Å². The van der Waals surface area contributed by atoms with Crippen LogP contribution < -0.4 is 10.6 Å². The van der Waals surface area contributed by atoms with Gasteiger partial charge in [-0.15, -0.1) is 0 Å². The monoisotopic (exact) mass is 487 g/mol. The summed E-state index contributed by atoms with van der Waals surface area (Å²) in [6, 6.07) is 17.9. The molecule has 0 aromatic heterocycles. The van der Waals surface area contributed by atoms with Gasteiger partial charge in [-0.1, -0.05) is 58.4 Å². The van der Waals surface area contributed by atoms with Crippen LogP contribution in [0.25, 0.3) is 0 Å². The summed E-state index contributed by atoms with van der Waals surface area (Å²) >= 11 is 3.55. The molecule has 31 heavy (non-hydrogen) atoms. The third kappa shape index (κ3) is 6.80. The molecule has 2 aromatic rings. The number of hydrogen-bond acceptors (Lipinski definition) is 3. The minimum absolute atomic E-state index is 0.0631. The van der Waals surface area contributed by atoms with Gasteiger partial charge in [-0.2, -0.15) is 0 Å². The molecule has 1 aliphatic heterocycles. The highest BCUT2D eigenvalue weighted by Crippen LogP contribution is 2.35. The normalized spacial score (nSPS) is 15.2.